The van der Waals surface area contributed by atoms with Crippen LogP contribution in [0.3, 0.4) is 0 Å². The quantitative estimate of drug-likeness (QED) is 0.235. The van der Waals surface area contributed by atoms with Crippen molar-refractivity contribution in [3.05, 3.63) is 0 Å². The first-order valence-electron chi connectivity index (χ1n) is 9.02. The Hall–Kier alpha value is 1.53. The predicted octanol–water partition coefficient (Wildman–Crippen LogP) is 6.02. The van der Waals surface area contributed by atoms with Crippen LogP contribution in [0.5, 0.6) is 0 Å². The van der Waals surface area contributed by atoms with E-state index in [0.717, 1.165) is 34.8 Å². The predicted molar refractivity (Wildman–Crippen MR) is 133 cm³/mol. The summed E-state index contributed by atoms with van der Waals surface area (Å²) in [6.45, 7) is 4.65. The lowest BCUT2D eigenvalue weighted by molar-refractivity contribution is 0.352. The van der Waals surface area contributed by atoms with E-state index >= 15 is 0 Å². The molecule has 0 atom stereocenters. The molecule has 0 amide bonds. The molecule has 9 heteroatoms. The molecule has 2 rings (SSSR count). The van der Waals surface area contributed by atoms with Crippen molar-refractivity contribution in [2.45, 2.75) is 38.5 Å². The van der Waals surface area contributed by atoms with Crippen molar-refractivity contribution >= 4 is 88.0 Å². The van der Waals surface area contributed by atoms with Crippen molar-refractivity contribution in [3.63, 3.8) is 0 Å². The van der Waals surface area contributed by atoms with E-state index in [2.05, 4.69) is 9.80 Å². The molecule has 2 fully saturated rings. The van der Waals surface area contributed by atoms with Gasteiger partial charge in [0.1, 0.15) is 8.64 Å². The normalized spacial score (nSPS) is 18.4. The van der Waals surface area contributed by atoms with Gasteiger partial charge in [-0.05, 0) is 60.1 Å². The highest BCUT2D eigenvalue weighted by molar-refractivity contribution is 8.84. The first-order chi connectivity index (χ1) is 12.3. The van der Waals surface area contributed by atoms with Crippen LogP contribution >= 0.6 is 79.4 Å². The van der Waals surface area contributed by atoms with Crippen molar-refractivity contribution in [2.24, 2.45) is 0 Å². The lowest BCUT2D eigenvalue weighted by Crippen LogP contribution is -2.32. The molecule has 0 aliphatic carbocycles. The van der Waals surface area contributed by atoms with E-state index in [-0.39, 0.29) is 0 Å². The first-order valence-corrected chi connectivity index (χ1v) is 15.6. The average molecular weight is 473 g/mol. The molecule has 2 aliphatic rings. The molecule has 25 heavy (non-hydrogen) atoms. The van der Waals surface area contributed by atoms with E-state index in [0.29, 0.717) is 0 Å². The largest absolute Gasteiger partial charge is 0.357 e. The van der Waals surface area contributed by atoms with Gasteiger partial charge >= 0.3 is 0 Å². The standard InChI is InChI=1S/C16H28N2S7/c19-15(17-7-3-1-4-8-17)24-22-13-11-21-12-14-23-25-16(20)18-9-5-2-6-10-18/h1-14H2. The minimum atomic E-state index is 1.09. The third-order valence-electron chi connectivity index (χ3n) is 4.11. The Kier molecular flexibility index (Phi) is 13.2. The van der Waals surface area contributed by atoms with Crippen molar-refractivity contribution < 1.29 is 0 Å². The third-order valence-corrected chi connectivity index (χ3v) is 11.7. The Morgan fingerprint density at radius 1 is 0.600 bits per heavy atom. The second kappa shape index (κ2) is 14.5. The minimum Gasteiger partial charge on any atom is -0.357 e. The zero-order valence-corrected chi connectivity index (χ0v) is 20.4. The van der Waals surface area contributed by atoms with E-state index in [9.17, 15) is 0 Å². The summed E-state index contributed by atoms with van der Waals surface area (Å²) in [6, 6.07) is 0. The Balaban J connectivity index is 1.37. The zero-order valence-electron chi connectivity index (χ0n) is 14.7. The van der Waals surface area contributed by atoms with Crippen LogP contribution in [0.15, 0.2) is 0 Å². The SMILES string of the molecule is S=C(SSCCSCCSSC(=S)N1CCCCC1)N1CCCCC1. The van der Waals surface area contributed by atoms with Crippen molar-refractivity contribution in [1.82, 2.24) is 9.80 Å². The van der Waals surface area contributed by atoms with Crippen molar-refractivity contribution in [1.29, 1.82) is 0 Å². The Labute approximate surface area is 184 Å². The maximum atomic E-state index is 5.53. The van der Waals surface area contributed by atoms with Gasteiger partial charge in [-0.15, -0.1) is 0 Å². The fraction of sp³-hybridized carbons (Fsp3) is 0.875. The Bertz CT molecular complexity index is 360. The maximum Gasteiger partial charge on any atom is 0.147 e. The molecule has 0 unspecified atom stereocenters. The average Bonchev–Trinajstić information content (AvgIpc) is 2.67. The van der Waals surface area contributed by atoms with Gasteiger partial charge in [0.25, 0.3) is 0 Å². The topological polar surface area (TPSA) is 6.48 Å². The second-order valence-corrected chi connectivity index (χ2v) is 13.4. The van der Waals surface area contributed by atoms with E-state index in [1.807, 2.05) is 33.3 Å². The summed E-state index contributed by atoms with van der Waals surface area (Å²) in [7, 11) is 7.43. The second-order valence-electron chi connectivity index (χ2n) is 6.05. The molecule has 0 bridgehead atoms. The van der Waals surface area contributed by atoms with Gasteiger partial charge in [-0.1, -0.05) is 46.0 Å². The Morgan fingerprint density at radius 3 is 1.40 bits per heavy atom. The van der Waals surface area contributed by atoms with Gasteiger partial charge in [-0.2, -0.15) is 11.8 Å². The zero-order chi connectivity index (χ0) is 17.7. The van der Waals surface area contributed by atoms with Crippen LogP contribution < -0.4 is 0 Å². The summed E-state index contributed by atoms with van der Waals surface area (Å²) < 4.78 is 2.18. The first kappa shape index (κ1) is 22.8. The highest BCUT2D eigenvalue weighted by atomic mass is 33.1. The van der Waals surface area contributed by atoms with Gasteiger partial charge in [0.2, 0.25) is 0 Å². The van der Waals surface area contributed by atoms with E-state index in [1.54, 1.807) is 21.6 Å². The molecule has 2 nitrogen and oxygen atoms in total. The van der Waals surface area contributed by atoms with Crippen LogP contribution in [-0.4, -0.2) is 67.6 Å². The molecular weight excluding hydrogens is 445 g/mol. The van der Waals surface area contributed by atoms with E-state index in [4.69, 9.17) is 24.4 Å². The molecule has 2 saturated heterocycles. The summed E-state index contributed by atoms with van der Waals surface area (Å²) in [5, 5.41) is 0. The summed E-state index contributed by atoms with van der Waals surface area (Å²) in [6.07, 6.45) is 7.95. The highest BCUT2D eigenvalue weighted by Gasteiger charge is 2.14. The number of piperidine rings is 2. The van der Waals surface area contributed by atoms with Crippen LogP contribution in [0, 0.1) is 0 Å². The summed E-state index contributed by atoms with van der Waals surface area (Å²) >= 11 is 13.1. The number of hydrogen-bond acceptors (Lipinski definition) is 7. The van der Waals surface area contributed by atoms with E-state index < -0.39 is 0 Å². The smallest absolute Gasteiger partial charge is 0.147 e. The number of rotatable bonds is 8. The van der Waals surface area contributed by atoms with Gasteiger partial charge in [-0.3, -0.25) is 0 Å². The molecule has 0 spiro atoms. The summed E-state index contributed by atoms with van der Waals surface area (Å²) in [5.74, 6) is 4.77. The van der Waals surface area contributed by atoms with Crippen molar-refractivity contribution in [2.75, 3.05) is 49.2 Å². The molecule has 2 aliphatic heterocycles. The maximum absolute atomic E-state index is 5.53. The van der Waals surface area contributed by atoms with Crippen LogP contribution in [0.25, 0.3) is 0 Å². The molecule has 0 radical (unpaired) electrons. The number of thioether (sulfide) groups is 1. The molecule has 0 aromatic heterocycles. The number of nitrogens with zero attached hydrogens (tertiary/aromatic N) is 2. The molecule has 144 valence electrons. The molecule has 0 aromatic carbocycles. The fourth-order valence-corrected chi connectivity index (χ4v) is 9.56. The van der Waals surface area contributed by atoms with Crippen LogP contribution in [0.2, 0.25) is 0 Å². The van der Waals surface area contributed by atoms with Crippen LogP contribution in [0.4, 0.5) is 0 Å². The fourth-order valence-electron chi connectivity index (χ4n) is 2.73. The van der Waals surface area contributed by atoms with Crippen LogP contribution in [-0.2, 0) is 0 Å². The molecular formula is C16H28N2S7. The van der Waals surface area contributed by atoms with Gasteiger partial charge in [0.15, 0.2) is 0 Å². The lowest BCUT2D eigenvalue weighted by Gasteiger charge is -2.28. The molecule has 2 heterocycles. The van der Waals surface area contributed by atoms with E-state index in [1.165, 1.54) is 61.5 Å². The third kappa shape index (κ3) is 10.0. The van der Waals surface area contributed by atoms with Gasteiger partial charge in [0, 0.05) is 49.2 Å². The van der Waals surface area contributed by atoms with Crippen LogP contribution in [0.1, 0.15) is 38.5 Å². The number of likely N-dealkylation sites (tertiary alicyclic amines) is 2. The summed E-state index contributed by atoms with van der Waals surface area (Å²) in [4.78, 5) is 4.76. The highest BCUT2D eigenvalue weighted by Crippen LogP contribution is 2.29. The Morgan fingerprint density at radius 2 is 1.00 bits per heavy atom. The van der Waals surface area contributed by atoms with Gasteiger partial charge < -0.3 is 9.80 Å². The molecule has 0 N–H and O–H groups in total. The van der Waals surface area contributed by atoms with Crippen molar-refractivity contribution in [3.8, 4) is 0 Å². The number of hydrogen-bond donors (Lipinski definition) is 0. The summed E-state index contributed by atoms with van der Waals surface area (Å²) in [5.41, 5.74) is 0. The lowest BCUT2D eigenvalue weighted by atomic mass is 10.1. The molecule has 0 aromatic rings. The van der Waals surface area contributed by atoms with Gasteiger partial charge in [0.05, 0.1) is 0 Å². The number of thiocarbonyl (C=S) groups is 2. The van der Waals surface area contributed by atoms with Gasteiger partial charge in [-0.25, -0.2) is 0 Å². The molecule has 0 saturated carbocycles. The minimum absolute atomic E-state index is 1.09. The monoisotopic (exact) mass is 472 g/mol.